The summed E-state index contributed by atoms with van der Waals surface area (Å²) in [6, 6.07) is 5.52. The van der Waals surface area contributed by atoms with Crippen LogP contribution in [0.15, 0.2) is 41.6 Å². The van der Waals surface area contributed by atoms with E-state index in [1.807, 2.05) is 0 Å². The first-order valence-electron chi connectivity index (χ1n) is 8.36. The normalized spacial score (nSPS) is 13.3. The Kier molecular flexibility index (Phi) is 5.14. The Morgan fingerprint density at radius 2 is 1.76 bits per heavy atom. The molecule has 0 bridgehead atoms. The lowest BCUT2D eigenvalue weighted by Gasteiger charge is -2.29. The van der Waals surface area contributed by atoms with Crippen molar-refractivity contribution in [3.63, 3.8) is 0 Å². The monoisotopic (exact) mass is 424 g/mol. The molecule has 1 aliphatic rings. The molecule has 0 aliphatic carbocycles. The average molecular weight is 424 g/mol. The Morgan fingerprint density at radius 1 is 1.03 bits per heavy atom. The summed E-state index contributed by atoms with van der Waals surface area (Å²) in [4.78, 5) is 12.8. The Bertz CT molecular complexity index is 1090. The minimum atomic E-state index is -0.992. The van der Waals surface area contributed by atoms with Gasteiger partial charge in [-0.05, 0) is 24.3 Å². The van der Waals surface area contributed by atoms with E-state index in [4.69, 9.17) is 4.74 Å². The van der Waals surface area contributed by atoms with Gasteiger partial charge in [0.1, 0.15) is 24.1 Å². The van der Waals surface area contributed by atoms with E-state index in [1.54, 1.807) is 0 Å². The minimum absolute atomic E-state index is 0.159. The molecule has 0 spiro atoms. The van der Waals surface area contributed by atoms with Gasteiger partial charge >= 0.3 is 0 Å². The van der Waals surface area contributed by atoms with Crippen LogP contribution in [0.2, 0.25) is 0 Å². The molecule has 29 heavy (non-hydrogen) atoms. The van der Waals surface area contributed by atoms with E-state index in [2.05, 4.69) is 10.2 Å². The number of ether oxygens (including phenoxy) is 1. The van der Waals surface area contributed by atoms with Crippen molar-refractivity contribution in [2.45, 2.75) is 11.8 Å². The molecule has 0 fully saturated rings. The Morgan fingerprint density at radius 3 is 2.48 bits per heavy atom. The van der Waals surface area contributed by atoms with E-state index >= 15 is 0 Å². The largest absolute Gasteiger partial charge is 0.482 e. The minimum Gasteiger partial charge on any atom is -0.482 e. The van der Waals surface area contributed by atoms with Crippen LogP contribution in [0.4, 0.5) is 17.6 Å². The number of halogens is 4. The lowest BCUT2D eigenvalue weighted by atomic mass is 10.2. The van der Waals surface area contributed by atoms with E-state index in [9.17, 15) is 22.4 Å². The number of fused-ring (bicyclic) bond motifs is 1. The van der Waals surface area contributed by atoms with E-state index in [-0.39, 0.29) is 30.3 Å². The van der Waals surface area contributed by atoms with Crippen LogP contribution in [0.5, 0.6) is 5.75 Å². The highest BCUT2D eigenvalue weighted by molar-refractivity contribution is 7.99. The van der Waals surface area contributed by atoms with E-state index in [0.29, 0.717) is 23.0 Å². The van der Waals surface area contributed by atoms with Crippen molar-refractivity contribution in [2.75, 3.05) is 17.3 Å². The van der Waals surface area contributed by atoms with Gasteiger partial charge < -0.3 is 4.74 Å². The van der Waals surface area contributed by atoms with Gasteiger partial charge in [-0.2, -0.15) is 0 Å². The zero-order valence-corrected chi connectivity index (χ0v) is 15.4. The van der Waals surface area contributed by atoms with Gasteiger partial charge in [0.25, 0.3) is 5.91 Å². The highest BCUT2D eigenvalue weighted by atomic mass is 32.2. The topological polar surface area (TPSA) is 60.3 Å². The van der Waals surface area contributed by atoms with Crippen molar-refractivity contribution >= 4 is 17.7 Å². The maximum Gasteiger partial charge on any atom is 0.275 e. The van der Waals surface area contributed by atoms with E-state index in [0.717, 1.165) is 24.3 Å². The van der Waals surface area contributed by atoms with Crippen molar-refractivity contribution in [1.82, 2.24) is 14.9 Å². The Balaban J connectivity index is 1.61. The number of nitrogens with zero attached hydrogens (tertiary/aromatic N) is 4. The van der Waals surface area contributed by atoms with Gasteiger partial charge in [0.05, 0.1) is 12.1 Å². The number of amides is 1. The van der Waals surface area contributed by atoms with Crippen LogP contribution in [-0.4, -0.2) is 33.1 Å². The smallest absolute Gasteiger partial charge is 0.275 e. The van der Waals surface area contributed by atoms with Gasteiger partial charge in [-0.3, -0.25) is 4.79 Å². The Hall–Kier alpha value is -3.08. The molecule has 0 N–H and O–H groups in total. The quantitative estimate of drug-likeness (QED) is 0.602. The number of hydrogen-bond donors (Lipinski definition) is 0. The number of thioether (sulfide) groups is 1. The SMILES string of the molecule is O=C(c1ccc(F)cc1F)N1CCSc2nnc(COc3ccc(F)cc3F)n21. The molecular formula is C18H12F4N4O2S. The molecule has 0 saturated heterocycles. The number of rotatable bonds is 4. The summed E-state index contributed by atoms with van der Waals surface area (Å²) in [7, 11) is 0. The summed E-state index contributed by atoms with van der Waals surface area (Å²) in [5.74, 6) is -3.69. The maximum absolute atomic E-state index is 14.1. The zero-order valence-electron chi connectivity index (χ0n) is 14.6. The van der Waals surface area contributed by atoms with Crippen LogP contribution in [0, 0.1) is 23.3 Å². The third-order valence-corrected chi connectivity index (χ3v) is 5.00. The molecule has 11 heteroatoms. The third kappa shape index (κ3) is 3.77. The summed E-state index contributed by atoms with van der Waals surface area (Å²) in [5.41, 5.74) is -0.311. The fraction of sp³-hybridized carbons (Fsp3) is 0.167. The summed E-state index contributed by atoms with van der Waals surface area (Å²) >= 11 is 1.32. The number of hydrogen-bond acceptors (Lipinski definition) is 5. The molecule has 1 amide bonds. The molecule has 1 aromatic heterocycles. The summed E-state index contributed by atoms with van der Waals surface area (Å²) in [6.07, 6.45) is 0. The van der Waals surface area contributed by atoms with E-state index < -0.39 is 29.2 Å². The predicted molar refractivity (Wildman–Crippen MR) is 95.2 cm³/mol. The van der Waals surface area contributed by atoms with Gasteiger partial charge in [0.2, 0.25) is 5.16 Å². The van der Waals surface area contributed by atoms with Gasteiger partial charge in [0, 0.05) is 17.9 Å². The highest BCUT2D eigenvalue weighted by Gasteiger charge is 2.30. The van der Waals surface area contributed by atoms with Gasteiger partial charge in [-0.1, -0.05) is 11.8 Å². The zero-order chi connectivity index (χ0) is 20.5. The number of benzene rings is 2. The van der Waals surface area contributed by atoms with Crippen molar-refractivity contribution in [3.8, 4) is 5.75 Å². The summed E-state index contributed by atoms with van der Waals surface area (Å²) in [6.45, 7) is -0.0605. The van der Waals surface area contributed by atoms with Crippen LogP contribution in [0.25, 0.3) is 0 Å². The number of carbonyl (C=O) groups excluding carboxylic acids is 1. The lowest BCUT2D eigenvalue weighted by molar-refractivity contribution is 0.0948. The average Bonchev–Trinajstić information content (AvgIpc) is 3.10. The maximum atomic E-state index is 14.1. The Labute approximate surface area is 166 Å². The van der Waals surface area contributed by atoms with Crippen molar-refractivity contribution in [3.05, 3.63) is 71.1 Å². The lowest BCUT2D eigenvalue weighted by Crippen LogP contribution is -2.46. The molecule has 1 aliphatic heterocycles. The van der Waals surface area contributed by atoms with Crippen LogP contribution < -0.4 is 9.75 Å². The standard InChI is InChI=1S/C18H12F4N4O2S/c19-10-1-3-12(13(21)7-10)17(27)25-5-6-29-18-24-23-16(26(18)25)9-28-15-4-2-11(20)8-14(15)22/h1-4,7-8H,5-6,9H2. The number of carbonyl (C=O) groups is 1. The van der Waals surface area contributed by atoms with Crippen molar-refractivity contribution in [1.29, 1.82) is 0 Å². The summed E-state index contributed by atoms with van der Waals surface area (Å²) in [5, 5.41) is 9.49. The molecule has 150 valence electrons. The first-order valence-corrected chi connectivity index (χ1v) is 9.35. The third-order valence-electron chi connectivity index (χ3n) is 4.10. The first-order chi connectivity index (χ1) is 13.9. The fourth-order valence-electron chi connectivity index (χ4n) is 2.77. The van der Waals surface area contributed by atoms with Crippen LogP contribution in [0.1, 0.15) is 16.2 Å². The van der Waals surface area contributed by atoms with Gasteiger partial charge in [0.15, 0.2) is 17.4 Å². The molecule has 3 aromatic rings. The number of aromatic nitrogens is 3. The summed E-state index contributed by atoms with van der Waals surface area (Å²) < 4.78 is 60.7. The molecule has 0 atom stereocenters. The highest BCUT2D eigenvalue weighted by Crippen LogP contribution is 2.25. The molecule has 2 heterocycles. The second kappa shape index (κ2) is 7.74. The molecule has 6 nitrogen and oxygen atoms in total. The second-order valence-electron chi connectivity index (χ2n) is 5.97. The molecule has 0 saturated carbocycles. The van der Waals surface area contributed by atoms with Crippen LogP contribution in [-0.2, 0) is 6.61 Å². The second-order valence-corrected chi connectivity index (χ2v) is 7.04. The van der Waals surface area contributed by atoms with E-state index in [1.165, 1.54) is 21.4 Å². The predicted octanol–water partition coefficient (Wildman–Crippen LogP) is 3.30. The molecule has 2 aromatic carbocycles. The molecule has 0 radical (unpaired) electrons. The van der Waals surface area contributed by atoms with Gasteiger partial charge in [-0.15, -0.1) is 10.2 Å². The first kappa shape index (κ1) is 19.2. The van der Waals surface area contributed by atoms with Crippen molar-refractivity contribution < 1.29 is 27.1 Å². The van der Waals surface area contributed by atoms with Gasteiger partial charge in [-0.25, -0.2) is 27.2 Å². The van der Waals surface area contributed by atoms with Crippen LogP contribution >= 0.6 is 11.8 Å². The molecule has 0 unspecified atom stereocenters. The van der Waals surface area contributed by atoms with Crippen LogP contribution in [0.3, 0.4) is 0 Å². The fourth-order valence-corrected chi connectivity index (χ4v) is 3.64. The van der Waals surface area contributed by atoms with Crippen molar-refractivity contribution in [2.24, 2.45) is 0 Å². The molecular weight excluding hydrogens is 412 g/mol. The molecule has 4 rings (SSSR count).